The molecule has 0 radical (unpaired) electrons. The maximum atomic E-state index is 5.76. The molecule has 0 amide bonds. The number of para-hydroxylation sites is 1. The van der Waals surface area contributed by atoms with Crippen LogP contribution in [0.1, 0.15) is 5.56 Å². The maximum absolute atomic E-state index is 5.76. The van der Waals surface area contributed by atoms with Crippen LogP contribution in [0.5, 0.6) is 0 Å². The number of nitrogens with two attached hydrogens (primary N) is 1. The molecule has 2 N–H and O–H groups in total. The quantitative estimate of drug-likeness (QED) is 0.698. The minimum atomic E-state index is 0.266. The summed E-state index contributed by atoms with van der Waals surface area (Å²) in [6.45, 7) is 1.96. The van der Waals surface area contributed by atoms with E-state index in [4.69, 9.17) is 17.3 Å². The van der Waals surface area contributed by atoms with E-state index in [1.807, 2.05) is 25.1 Å². The number of rotatable bonds is 0. The van der Waals surface area contributed by atoms with Crippen molar-refractivity contribution in [2.45, 2.75) is 6.92 Å². The number of fused-ring (bicyclic) bond motifs is 1. The molecule has 13 heavy (non-hydrogen) atoms. The molecule has 1 heterocycles. The molecule has 0 fully saturated rings. The fourth-order valence-electron chi connectivity index (χ4n) is 1.21. The monoisotopic (exact) mass is 193 g/mol. The maximum Gasteiger partial charge on any atom is 0.171 e. The summed E-state index contributed by atoms with van der Waals surface area (Å²) in [5, 5.41) is 0.266. The summed E-state index contributed by atoms with van der Waals surface area (Å²) >= 11 is 5.76. The van der Waals surface area contributed by atoms with Crippen LogP contribution in [0.15, 0.2) is 18.2 Å². The molecule has 66 valence electrons. The normalized spacial score (nSPS) is 10.6. The van der Waals surface area contributed by atoms with Gasteiger partial charge in [-0.3, -0.25) is 0 Å². The molecule has 2 aromatic rings. The van der Waals surface area contributed by atoms with Crippen molar-refractivity contribution >= 4 is 28.5 Å². The highest BCUT2D eigenvalue weighted by Gasteiger charge is 2.04. The second kappa shape index (κ2) is 2.85. The third-order valence-corrected chi connectivity index (χ3v) is 2.16. The van der Waals surface area contributed by atoms with Gasteiger partial charge in [-0.25, -0.2) is 9.97 Å². The van der Waals surface area contributed by atoms with Crippen molar-refractivity contribution in [2.24, 2.45) is 0 Å². The van der Waals surface area contributed by atoms with Gasteiger partial charge in [-0.15, -0.1) is 0 Å². The molecule has 0 aliphatic rings. The number of hydrogen-bond donors (Lipinski definition) is 1. The molecule has 0 saturated heterocycles. The largest absolute Gasteiger partial charge is 0.381 e. The zero-order valence-corrected chi connectivity index (χ0v) is 7.84. The van der Waals surface area contributed by atoms with Crippen molar-refractivity contribution in [3.8, 4) is 0 Å². The number of nitrogens with zero attached hydrogens (tertiary/aromatic N) is 2. The Morgan fingerprint density at radius 1 is 1.31 bits per heavy atom. The summed E-state index contributed by atoms with van der Waals surface area (Å²) in [5.74, 6) is 0.278. The Balaban J connectivity index is 2.89. The number of anilines is 1. The van der Waals surface area contributed by atoms with Crippen LogP contribution in [-0.4, -0.2) is 9.97 Å². The summed E-state index contributed by atoms with van der Waals surface area (Å²) in [6.07, 6.45) is 0. The standard InChI is InChI=1S/C9H8ClN3/c1-5-3-2-4-6-7(5)13-8(10)9(11)12-6/h2-4H,1H3,(H2,11,12). The highest BCUT2D eigenvalue weighted by atomic mass is 35.5. The Morgan fingerprint density at radius 3 is 2.85 bits per heavy atom. The molecule has 0 saturated carbocycles. The lowest BCUT2D eigenvalue weighted by Crippen LogP contribution is -1.95. The third-order valence-electron chi connectivity index (χ3n) is 1.88. The average molecular weight is 194 g/mol. The van der Waals surface area contributed by atoms with Gasteiger partial charge < -0.3 is 5.73 Å². The van der Waals surface area contributed by atoms with Crippen LogP contribution in [0.4, 0.5) is 5.82 Å². The molecule has 3 nitrogen and oxygen atoms in total. The Bertz CT molecular complexity index is 468. The van der Waals surface area contributed by atoms with Gasteiger partial charge in [0.2, 0.25) is 0 Å². The first-order valence-electron chi connectivity index (χ1n) is 3.87. The van der Waals surface area contributed by atoms with Gasteiger partial charge in [0.15, 0.2) is 11.0 Å². The van der Waals surface area contributed by atoms with Crippen molar-refractivity contribution in [2.75, 3.05) is 5.73 Å². The minimum Gasteiger partial charge on any atom is -0.381 e. The molecule has 0 unspecified atom stereocenters. The first-order chi connectivity index (χ1) is 6.18. The van der Waals surface area contributed by atoms with Crippen LogP contribution in [0.3, 0.4) is 0 Å². The Hall–Kier alpha value is -1.35. The van der Waals surface area contributed by atoms with E-state index in [0.717, 1.165) is 16.6 Å². The van der Waals surface area contributed by atoms with Crippen molar-refractivity contribution in [3.63, 3.8) is 0 Å². The van der Waals surface area contributed by atoms with Crippen LogP contribution in [-0.2, 0) is 0 Å². The van der Waals surface area contributed by atoms with E-state index in [9.17, 15) is 0 Å². The highest BCUT2D eigenvalue weighted by Crippen LogP contribution is 2.20. The average Bonchev–Trinajstić information content (AvgIpc) is 2.09. The van der Waals surface area contributed by atoms with Crippen LogP contribution in [0, 0.1) is 6.92 Å². The van der Waals surface area contributed by atoms with E-state index in [1.54, 1.807) is 0 Å². The van der Waals surface area contributed by atoms with Gasteiger partial charge in [0.05, 0.1) is 11.0 Å². The second-order valence-electron chi connectivity index (χ2n) is 2.84. The lowest BCUT2D eigenvalue weighted by molar-refractivity contribution is 1.28. The lowest BCUT2D eigenvalue weighted by atomic mass is 10.2. The highest BCUT2D eigenvalue weighted by molar-refractivity contribution is 6.31. The van der Waals surface area contributed by atoms with E-state index in [2.05, 4.69) is 9.97 Å². The molecule has 4 heteroatoms. The van der Waals surface area contributed by atoms with E-state index in [0.29, 0.717) is 0 Å². The Labute approximate surface area is 80.6 Å². The van der Waals surface area contributed by atoms with Gasteiger partial charge >= 0.3 is 0 Å². The Morgan fingerprint density at radius 2 is 2.08 bits per heavy atom. The van der Waals surface area contributed by atoms with Gasteiger partial charge in [-0.2, -0.15) is 0 Å². The van der Waals surface area contributed by atoms with Gasteiger partial charge in [-0.1, -0.05) is 23.7 Å². The Kier molecular flexibility index (Phi) is 1.81. The van der Waals surface area contributed by atoms with E-state index in [1.165, 1.54) is 0 Å². The zero-order chi connectivity index (χ0) is 9.42. The summed E-state index contributed by atoms with van der Waals surface area (Å²) in [4.78, 5) is 8.27. The first kappa shape index (κ1) is 8.26. The molecule has 0 aliphatic heterocycles. The first-order valence-corrected chi connectivity index (χ1v) is 4.24. The summed E-state index contributed by atoms with van der Waals surface area (Å²) in [7, 11) is 0. The predicted octanol–water partition coefficient (Wildman–Crippen LogP) is 2.17. The molecule has 0 aliphatic carbocycles. The summed E-state index contributed by atoms with van der Waals surface area (Å²) in [6, 6.07) is 5.74. The van der Waals surface area contributed by atoms with Gasteiger partial charge in [-0.05, 0) is 18.6 Å². The van der Waals surface area contributed by atoms with Crippen molar-refractivity contribution in [1.29, 1.82) is 0 Å². The molecule has 1 aromatic heterocycles. The zero-order valence-electron chi connectivity index (χ0n) is 7.08. The topological polar surface area (TPSA) is 51.8 Å². The van der Waals surface area contributed by atoms with E-state index in [-0.39, 0.29) is 11.0 Å². The second-order valence-corrected chi connectivity index (χ2v) is 3.20. The number of hydrogen-bond acceptors (Lipinski definition) is 3. The van der Waals surface area contributed by atoms with E-state index >= 15 is 0 Å². The van der Waals surface area contributed by atoms with Crippen molar-refractivity contribution in [1.82, 2.24) is 9.97 Å². The third kappa shape index (κ3) is 1.31. The molecular formula is C9H8ClN3. The fourth-order valence-corrected chi connectivity index (χ4v) is 1.34. The molecule has 0 spiro atoms. The van der Waals surface area contributed by atoms with Gasteiger partial charge in [0.25, 0.3) is 0 Å². The predicted molar refractivity (Wildman–Crippen MR) is 53.7 cm³/mol. The lowest BCUT2D eigenvalue weighted by Gasteiger charge is -2.02. The van der Waals surface area contributed by atoms with Gasteiger partial charge in [0.1, 0.15) is 0 Å². The van der Waals surface area contributed by atoms with Gasteiger partial charge in [0, 0.05) is 0 Å². The fraction of sp³-hybridized carbons (Fsp3) is 0.111. The van der Waals surface area contributed by atoms with Crippen LogP contribution in [0.25, 0.3) is 11.0 Å². The SMILES string of the molecule is Cc1cccc2nc(N)c(Cl)nc12. The minimum absolute atomic E-state index is 0.266. The van der Waals surface area contributed by atoms with Crippen molar-refractivity contribution < 1.29 is 0 Å². The summed E-state index contributed by atoms with van der Waals surface area (Å²) in [5.41, 5.74) is 8.17. The number of nitrogen functional groups attached to an aromatic ring is 1. The van der Waals surface area contributed by atoms with Crippen LogP contribution in [0.2, 0.25) is 5.15 Å². The van der Waals surface area contributed by atoms with E-state index < -0.39 is 0 Å². The molecular weight excluding hydrogens is 186 g/mol. The number of halogens is 1. The smallest absolute Gasteiger partial charge is 0.171 e. The van der Waals surface area contributed by atoms with Crippen LogP contribution < -0.4 is 5.73 Å². The molecule has 0 atom stereocenters. The van der Waals surface area contributed by atoms with Crippen molar-refractivity contribution in [3.05, 3.63) is 28.9 Å². The summed E-state index contributed by atoms with van der Waals surface area (Å²) < 4.78 is 0. The molecule has 0 bridgehead atoms. The number of benzene rings is 1. The van der Waals surface area contributed by atoms with Crippen LogP contribution >= 0.6 is 11.6 Å². The molecule has 2 rings (SSSR count). The molecule has 1 aromatic carbocycles. The number of aromatic nitrogens is 2. The number of aryl methyl sites for hydroxylation is 1.